The number of carbonyl (C=O) groups is 1. The minimum absolute atomic E-state index is 0.337. The van der Waals surface area contributed by atoms with Crippen LogP contribution in [0.1, 0.15) is 42.1 Å². The zero-order valence-electron chi connectivity index (χ0n) is 16.5. The number of benzene rings is 2. The van der Waals surface area contributed by atoms with Crippen LogP contribution >= 0.6 is 0 Å². The minimum atomic E-state index is -0.399. The molecule has 6 nitrogen and oxygen atoms in total. The Labute approximate surface area is 170 Å². The van der Waals surface area contributed by atoms with Gasteiger partial charge in [0, 0.05) is 24.8 Å². The first kappa shape index (κ1) is 19.4. The van der Waals surface area contributed by atoms with E-state index in [0.29, 0.717) is 17.9 Å². The molecule has 6 heteroatoms. The van der Waals surface area contributed by atoms with Gasteiger partial charge < -0.3 is 4.74 Å². The number of amides is 1. The van der Waals surface area contributed by atoms with Crippen LogP contribution in [0.5, 0.6) is 0 Å². The number of nitrogens with zero attached hydrogens (tertiary/aromatic N) is 2. The summed E-state index contributed by atoms with van der Waals surface area (Å²) in [6.45, 7) is 2.77. The van der Waals surface area contributed by atoms with E-state index in [4.69, 9.17) is 14.7 Å². The Balaban J connectivity index is 1.62. The fourth-order valence-corrected chi connectivity index (χ4v) is 3.34. The fourth-order valence-electron chi connectivity index (χ4n) is 3.34. The molecule has 150 valence electrons. The Kier molecular flexibility index (Phi) is 6.03. The van der Waals surface area contributed by atoms with E-state index in [9.17, 15) is 4.79 Å². The number of hydroxylamine groups is 1. The molecule has 0 spiro atoms. The molecule has 1 N–H and O–H groups in total. The highest BCUT2D eigenvalue weighted by molar-refractivity contribution is 5.99. The first-order valence-corrected chi connectivity index (χ1v) is 10.1. The van der Waals surface area contributed by atoms with E-state index in [0.717, 1.165) is 36.9 Å². The summed E-state index contributed by atoms with van der Waals surface area (Å²) in [6.07, 6.45) is 5.12. The maximum atomic E-state index is 12.9. The lowest BCUT2D eigenvalue weighted by Gasteiger charge is -2.22. The Morgan fingerprint density at radius 2 is 1.97 bits per heavy atom. The Morgan fingerprint density at radius 3 is 2.66 bits per heavy atom. The van der Waals surface area contributed by atoms with Crippen molar-refractivity contribution in [1.82, 2.24) is 15.3 Å². The second-order valence-electron chi connectivity index (χ2n) is 7.07. The van der Waals surface area contributed by atoms with E-state index < -0.39 is 6.29 Å². The van der Waals surface area contributed by atoms with E-state index in [1.165, 1.54) is 5.56 Å². The van der Waals surface area contributed by atoms with Crippen molar-refractivity contribution >= 4 is 5.91 Å². The van der Waals surface area contributed by atoms with Gasteiger partial charge in [0.25, 0.3) is 5.91 Å². The molecule has 2 heterocycles. The molecular weight excluding hydrogens is 366 g/mol. The molecule has 1 unspecified atom stereocenters. The zero-order valence-corrected chi connectivity index (χ0v) is 16.5. The molecule has 1 aliphatic heterocycles. The van der Waals surface area contributed by atoms with Gasteiger partial charge in [-0.3, -0.25) is 4.79 Å². The van der Waals surface area contributed by atoms with Crippen LogP contribution in [0.15, 0.2) is 60.8 Å². The molecule has 1 saturated heterocycles. The standard InChI is InChI=1S/C23H25N3O3/c1-2-17-11-13-18(14-12-17)22-20(16-26(24-22)19-8-4-3-5-9-19)23(27)25-29-21-10-6-7-15-28-21/h3-5,8-9,11-14,16,21H,2,6-7,10,15H2,1H3,(H,25,27). The normalized spacial score (nSPS) is 16.5. The summed E-state index contributed by atoms with van der Waals surface area (Å²) in [5.41, 5.74) is 6.62. The Bertz CT molecular complexity index is 945. The van der Waals surface area contributed by atoms with Gasteiger partial charge in [0.15, 0.2) is 6.29 Å². The molecule has 0 saturated carbocycles. The van der Waals surface area contributed by atoms with Crippen molar-refractivity contribution in [1.29, 1.82) is 0 Å². The number of para-hydroxylation sites is 1. The first-order chi connectivity index (χ1) is 14.2. The summed E-state index contributed by atoms with van der Waals surface area (Å²) in [4.78, 5) is 18.4. The van der Waals surface area contributed by atoms with Crippen molar-refractivity contribution in [3.8, 4) is 16.9 Å². The van der Waals surface area contributed by atoms with Crippen LogP contribution in [0.25, 0.3) is 16.9 Å². The summed E-state index contributed by atoms with van der Waals surface area (Å²) >= 11 is 0. The highest BCUT2D eigenvalue weighted by Crippen LogP contribution is 2.25. The van der Waals surface area contributed by atoms with Crippen LogP contribution in [0.3, 0.4) is 0 Å². The fraction of sp³-hybridized carbons (Fsp3) is 0.304. The molecule has 3 aromatic rings. The quantitative estimate of drug-likeness (QED) is 0.637. The van der Waals surface area contributed by atoms with Gasteiger partial charge in [0.2, 0.25) is 0 Å². The Hall–Kier alpha value is -2.96. The molecule has 1 aromatic heterocycles. The van der Waals surface area contributed by atoms with Gasteiger partial charge in [-0.1, -0.05) is 49.4 Å². The van der Waals surface area contributed by atoms with Gasteiger partial charge in [0.1, 0.15) is 5.69 Å². The van der Waals surface area contributed by atoms with E-state index >= 15 is 0 Å². The molecule has 4 rings (SSSR count). The van der Waals surface area contributed by atoms with Crippen LogP contribution in [-0.2, 0) is 16.0 Å². The highest BCUT2D eigenvalue weighted by atomic mass is 16.8. The van der Waals surface area contributed by atoms with Crippen LogP contribution < -0.4 is 5.48 Å². The van der Waals surface area contributed by atoms with Crippen LogP contribution in [0, 0.1) is 0 Å². The second-order valence-corrected chi connectivity index (χ2v) is 7.07. The summed E-state index contributed by atoms with van der Waals surface area (Å²) in [5, 5.41) is 4.69. The number of ether oxygens (including phenoxy) is 1. The maximum absolute atomic E-state index is 12.9. The average Bonchev–Trinajstić information content (AvgIpc) is 3.24. The highest BCUT2D eigenvalue weighted by Gasteiger charge is 2.21. The van der Waals surface area contributed by atoms with E-state index in [1.54, 1.807) is 10.9 Å². The molecule has 0 radical (unpaired) electrons. The average molecular weight is 391 g/mol. The molecule has 1 aliphatic rings. The predicted octanol–water partition coefficient (Wildman–Crippen LogP) is 4.29. The third-order valence-corrected chi connectivity index (χ3v) is 5.04. The number of nitrogens with one attached hydrogen (secondary N) is 1. The van der Waals surface area contributed by atoms with Gasteiger partial charge in [-0.2, -0.15) is 5.10 Å². The van der Waals surface area contributed by atoms with Gasteiger partial charge in [-0.05, 0) is 37.0 Å². The van der Waals surface area contributed by atoms with Gasteiger partial charge in [0.05, 0.1) is 11.3 Å². The molecule has 29 heavy (non-hydrogen) atoms. The lowest BCUT2D eigenvalue weighted by atomic mass is 10.0. The van der Waals surface area contributed by atoms with Gasteiger partial charge >= 0.3 is 0 Å². The number of rotatable bonds is 6. The lowest BCUT2D eigenvalue weighted by molar-refractivity contribution is -0.186. The third kappa shape index (κ3) is 4.55. The molecule has 1 amide bonds. The number of hydrogen-bond acceptors (Lipinski definition) is 4. The zero-order chi connectivity index (χ0) is 20.1. The van der Waals surface area contributed by atoms with Gasteiger partial charge in [-0.15, -0.1) is 0 Å². The SMILES string of the molecule is CCc1ccc(-c2nn(-c3ccccc3)cc2C(=O)NOC2CCCCO2)cc1. The number of aromatic nitrogens is 2. The van der Waals surface area contributed by atoms with Crippen LogP contribution in [0.4, 0.5) is 0 Å². The first-order valence-electron chi connectivity index (χ1n) is 10.1. The summed E-state index contributed by atoms with van der Waals surface area (Å²) in [5.74, 6) is -0.337. The maximum Gasteiger partial charge on any atom is 0.278 e. The van der Waals surface area contributed by atoms with E-state index in [1.807, 2.05) is 42.5 Å². The molecule has 1 atom stereocenters. The molecular formula is C23H25N3O3. The van der Waals surface area contributed by atoms with Crippen molar-refractivity contribution in [2.45, 2.75) is 38.9 Å². The number of carbonyl (C=O) groups excluding carboxylic acids is 1. The third-order valence-electron chi connectivity index (χ3n) is 5.04. The van der Waals surface area contributed by atoms with Crippen LogP contribution in [-0.4, -0.2) is 28.6 Å². The molecule has 0 aliphatic carbocycles. The topological polar surface area (TPSA) is 65.4 Å². The molecule has 0 bridgehead atoms. The minimum Gasteiger partial charge on any atom is -0.350 e. The van der Waals surface area contributed by atoms with Crippen molar-refractivity contribution in [2.75, 3.05) is 6.61 Å². The molecule has 2 aromatic carbocycles. The number of hydrogen-bond donors (Lipinski definition) is 1. The Morgan fingerprint density at radius 1 is 1.17 bits per heavy atom. The summed E-state index contributed by atoms with van der Waals surface area (Å²) < 4.78 is 7.24. The van der Waals surface area contributed by atoms with E-state index in [2.05, 4.69) is 24.5 Å². The predicted molar refractivity (Wildman–Crippen MR) is 111 cm³/mol. The van der Waals surface area contributed by atoms with Crippen LogP contribution in [0.2, 0.25) is 0 Å². The summed E-state index contributed by atoms with van der Waals surface area (Å²) in [6, 6.07) is 17.8. The van der Waals surface area contributed by atoms with Crippen molar-refractivity contribution in [3.63, 3.8) is 0 Å². The van der Waals surface area contributed by atoms with Gasteiger partial charge in [-0.25, -0.2) is 15.0 Å². The monoisotopic (exact) mass is 391 g/mol. The largest absolute Gasteiger partial charge is 0.350 e. The second kappa shape index (κ2) is 9.03. The van der Waals surface area contributed by atoms with Crippen molar-refractivity contribution < 1.29 is 14.4 Å². The lowest BCUT2D eigenvalue weighted by Crippen LogP contribution is -2.33. The van der Waals surface area contributed by atoms with Crippen molar-refractivity contribution in [3.05, 3.63) is 71.9 Å². The smallest absolute Gasteiger partial charge is 0.278 e. The molecule has 1 fully saturated rings. The van der Waals surface area contributed by atoms with Crippen molar-refractivity contribution in [2.24, 2.45) is 0 Å². The van der Waals surface area contributed by atoms with E-state index in [-0.39, 0.29) is 5.91 Å². The number of aryl methyl sites for hydroxylation is 1. The summed E-state index contributed by atoms with van der Waals surface area (Å²) in [7, 11) is 0.